The first kappa shape index (κ1) is 10.1. The van der Waals surface area contributed by atoms with E-state index in [2.05, 4.69) is 5.32 Å². The Morgan fingerprint density at radius 3 is 2.71 bits per heavy atom. The Morgan fingerprint density at radius 1 is 1.24 bits per heavy atom. The zero-order valence-corrected chi connectivity index (χ0v) is 9.28. The second-order valence-electron chi connectivity index (χ2n) is 4.45. The highest BCUT2D eigenvalue weighted by atomic mass is 16.7. The summed E-state index contributed by atoms with van der Waals surface area (Å²) in [7, 11) is 0. The lowest BCUT2D eigenvalue weighted by molar-refractivity contribution is -0.126. The Balaban J connectivity index is 2.04. The smallest absolute Gasteiger partial charge is 0.237 e. The van der Waals surface area contributed by atoms with Crippen LogP contribution in [0.3, 0.4) is 0 Å². The van der Waals surface area contributed by atoms with Crippen LogP contribution in [0.4, 0.5) is 0 Å². The molecule has 1 unspecified atom stereocenters. The molecule has 2 aliphatic rings. The molecule has 2 aliphatic heterocycles. The van der Waals surface area contributed by atoms with E-state index >= 15 is 0 Å². The Morgan fingerprint density at radius 2 is 2.00 bits per heavy atom. The number of fused-ring (bicyclic) bond motifs is 1. The summed E-state index contributed by atoms with van der Waals surface area (Å²) >= 11 is 0. The van der Waals surface area contributed by atoms with Crippen LogP contribution < -0.4 is 14.8 Å². The maximum atomic E-state index is 11.8. The van der Waals surface area contributed by atoms with Crippen LogP contribution in [0, 0.1) is 0 Å². The Bertz CT molecular complexity index is 525. The molecule has 1 atom stereocenters. The minimum absolute atomic E-state index is 0.172. The largest absolute Gasteiger partial charge is 0.454 e. The predicted octanol–water partition coefficient (Wildman–Crippen LogP) is 0.719. The number of amides is 2. The number of ether oxygens (including phenoxy) is 2. The number of nitrogens with one attached hydrogen (secondary N) is 1. The highest BCUT2D eigenvalue weighted by Gasteiger charge is 2.44. The van der Waals surface area contributed by atoms with Gasteiger partial charge in [-0.25, -0.2) is 0 Å². The summed E-state index contributed by atoms with van der Waals surface area (Å²) in [6, 6.07) is 5.32. The van der Waals surface area contributed by atoms with Crippen molar-refractivity contribution in [3.8, 4) is 11.5 Å². The molecule has 3 rings (SSSR count). The molecule has 5 nitrogen and oxygen atoms in total. The van der Waals surface area contributed by atoms with Gasteiger partial charge in [0, 0.05) is 6.42 Å². The number of carbonyl (C=O) groups is 2. The van der Waals surface area contributed by atoms with Gasteiger partial charge in [-0.3, -0.25) is 14.9 Å². The van der Waals surface area contributed by atoms with Gasteiger partial charge in [0.2, 0.25) is 18.6 Å². The Kier molecular flexibility index (Phi) is 1.92. The van der Waals surface area contributed by atoms with E-state index in [-0.39, 0.29) is 25.0 Å². The van der Waals surface area contributed by atoms with Crippen LogP contribution in [0.15, 0.2) is 18.2 Å². The van der Waals surface area contributed by atoms with Crippen LogP contribution in [0.1, 0.15) is 18.9 Å². The molecule has 1 saturated heterocycles. The highest BCUT2D eigenvalue weighted by Crippen LogP contribution is 2.39. The number of hydrogen-bond donors (Lipinski definition) is 1. The molecule has 0 aromatic heterocycles. The molecule has 1 fully saturated rings. The average molecular weight is 233 g/mol. The molecule has 1 aromatic rings. The summed E-state index contributed by atoms with van der Waals surface area (Å²) in [4.78, 5) is 23.1. The first-order valence-corrected chi connectivity index (χ1v) is 5.34. The lowest BCUT2D eigenvalue weighted by Gasteiger charge is -2.20. The van der Waals surface area contributed by atoms with Crippen molar-refractivity contribution in [2.24, 2.45) is 0 Å². The van der Waals surface area contributed by atoms with E-state index in [1.807, 2.05) is 0 Å². The number of rotatable bonds is 1. The fourth-order valence-corrected chi connectivity index (χ4v) is 2.18. The molecule has 0 radical (unpaired) electrons. The van der Waals surface area contributed by atoms with Crippen molar-refractivity contribution in [3.63, 3.8) is 0 Å². The molecule has 17 heavy (non-hydrogen) atoms. The van der Waals surface area contributed by atoms with Gasteiger partial charge >= 0.3 is 0 Å². The van der Waals surface area contributed by atoms with Gasteiger partial charge in [-0.2, -0.15) is 0 Å². The standard InChI is InChI=1S/C12H11NO4/c1-12(5-10(14)13-11(12)15)7-2-3-8-9(4-7)17-6-16-8/h2-4H,5-6H2,1H3,(H,13,14,15). The summed E-state index contributed by atoms with van der Waals surface area (Å²) in [5, 5.41) is 2.32. The zero-order valence-electron chi connectivity index (χ0n) is 9.28. The van der Waals surface area contributed by atoms with Crippen LogP contribution in [0.5, 0.6) is 11.5 Å². The monoisotopic (exact) mass is 233 g/mol. The van der Waals surface area contributed by atoms with Gasteiger partial charge in [0.25, 0.3) is 0 Å². The molecule has 1 N–H and O–H groups in total. The molecule has 1 aromatic carbocycles. The van der Waals surface area contributed by atoms with Gasteiger partial charge in [-0.15, -0.1) is 0 Å². The third-order valence-electron chi connectivity index (χ3n) is 3.28. The van der Waals surface area contributed by atoms with E-state index in [1.165, 1.54) is 0 Å². The van der Waals surface area contributed by atoms with Gasteiger partial charge < -0.3 is 9.47 Å². The summed E-state index contributed by atoms with van der Waals surface area (Å²) in [5.41, 5.74) is -0.0389. The molecule has 2 heterocycles. The van der Waals surface area contributed by atoms with E-state index in [4.69, 9.17) is 9.47 Å². The van der Waals surface area contributed by atoms with Crippen molar-refractivity contribution < 1.29 is 19.1 Å². The lowest BCUT2D eigenvalue weighted by atomic mass is 9.81. The van der Waals surface area contributed by atoms with E-state index in [0.717, 1.165) is 5.56 Å². The maximum absolute atomic E-state index is 11.8. The third-order valence-corrected chi connectivity index (χ3v) is 3.28. The fraction of sp³-hybridized carbons (Fsp3) is 0.333. The molecule has 0 aliphatic carbocycles. The van der Waals surface area contributed by atoms with Crippen molar-refractivity contribution in [2.45, 2.75) is 18.8 Å². The van der Waals surface area contributed by atoms with Crippen molar-refractivity contribution in [3.05, 3.63) is 23.8 Å². The molecule has 0 bridgehead atoms. The highest BCUT2D eigenvalue weighted by molar-refractivity contribution is 6.08. The first-order valence-electron chi connectivity index (χ1n) is 5.34. The minimum atomic E-state index is -0.807. The topological polar surface area (TPSA) is 64.6 Å². The maximum Gasteiger partial charge on any atom is 0.237 e. The van der Waals surface area contributed by atoms with Crippen LogP contribution in [0.2, 0.25) is 0 Å². The second-order valence-corrected chi connectivity index (χ2v) is 4.45. The van der Waals surface area contributed by atoms with Gasteiger partial charge in [-0.05, 0) is 24.6 Å². The molecule has 88 valence electrons. The molecule has 0 saturated carbocycles. The summed E-state index contributed by atoms with van der Waals surface area (Å²) in [6.45, 7) is 1.95. The van der Waals surface area contributed by atoms with Crippen LogP contribution in [0.25, 0.3) is 0 Å². The van der Waals surface area contributed by atoms with Crippen molar-refractivity contribution in [1.29, 1.82) is 0 Å². The van der Waals surface area contributed by atoms with E-state index in [0.29, 0.717) is 11.5 Å². The predicted molar refractivity (Wildman–Crippen MR) is 57.7 cm³/mol. The van der Waals surface area contributed by atoms with Crippen LogP contribution in [-0.4, -0.2) is 18.6 Å². The number of imide groups is 1. The van der Waals surface area contributed by atoms with Crippen LogP contribution >= 0.6 is 0 Å². The number of hydrogen-bond acceptors (Lipinski definition) is 4. The molecule has 5 heteroatoms. The first-order chi connectivity index (χ1) is 8.09. The second kappa shape index (κ2) is 3.23. The average Bonchev–Trinajstić information content (AvgIpc) is 2.83. The summed E-state index contributed by atoms with van der Waals surface area (Å²) in [5.74, 6) is 0.787. The lowest BCUT2D eigenvalue weighted by Crippen LogP contribution is -2.32. The number of carbonyl (C=O) groups excluding carboxylic acids is 2. The molecule has 2 amide bonds. The van der Waals surface area contributed by atoms with Crippen molar-refractivity contribution in [2.75, 3.05) is 6.79 Å². The minimum Gasteiger partial charge on any atom is -0.454 e. The fourth-order valence-electron chi connectivity index (χ4n) is 2.18. The molecular formula is C12H11NO4. The van der Waals surface area contributed by atoms with E-state index in [1.54, 1.807) is 25.1 Å². The quantitative estimate of drug-likeness (QED) is 0.726. The van der Waals surface area contributed by atoms with Crippen molar-refractivity contribution >= 4 is 11.8 Å². The SMILES string of the molecule is CC1(c2ccc3c(c2)OCO3)CC(=O)NC1=O. The number of benzene rings is 1. The van der Waals surface area contributed by atoms with E-state index in [9.17, 15) is 9.59 Å². The van der Waals surface area contributed by atoms with Crippen LogP contribution in [-0.2, 0) is 15.0 Å². The summed E-state index contributed by atoms with van der Waals surface area (Å²) in [6.07, 6.45) is 0.172. The van der Waals surface area contributed by atoms with Gasteiger partial charge in [-0.1, -0.05) is 6.07 Å². The van der Waals surface area contributed by atoms with Gasteiger partial charge in [0.1, 0.15) is 0 Å². The molecule has 0 spiro atoms. The molecular weight excluding hydrogens is 222 g/mol. The van der Waals surface area contributed by atoms with E-state index < -0.39 is 5.41 Å². The van der Waals surface area contributed by atoms with Gasteiger partial charge in [0.05, 0.1) is 5.41 Å². The Hall–Kier alpha value is -2.04. The normalized spacial score (nSPS) is 26.2. The van der Waals surface area contributed by atoms with Crippen molar-refractivity contribution in [1.82, 2.24) is 5.32 Å². The Labute approximate surface area is 97.7 Å². The summed E-state index contributed by atoms with van der Waals surface area (Å²) < 4.78 is 10.5. The van der Waals surface area contributed by atoms with Gasteiger partial charge in [0.15, 0.2) is 11.5 Å². The zero-order chi connectivity index (χ0) is 12.0. The third kappa shape index (κ3) is 1.39.